The third kappa shape index (κ3) is 1.64. The molecular weight excluding hydrogens is 214 g/mol. The number of hydrogen-bond donors (Lipinski definition) is 0. The molecule has 0 aliphatic heterocycles. The average molecular weight is 222 g/mol. The van der Waals surface area contributed by atoms with Crippen molar-refractivity contribution in [3.63, 3.8) is 0 Å². The number of aldehydes is 1. The fraction of sp³-hybridized carbons (Fsp3) is 0.100. The highest BCUT2D eigenvalue weighted by Gasteiger charge is 2.13. The summed E-state index contributed by atoms with van der Waals surface area (Å²) in [4.78, 5) is 10.8. The lowest BCUT2D eigenvalue weighted by molar-refractivity contribution is 0.111. The van der Waals surface area contributed by atoms with Crippen LogP contribution in [0.5, 0.6) is 0 Å². The van der Waals surface area contributed by atoms with Gasteiger partial charge in [0.1, 0.15) is 11.4 Å². The molecule has 0 aliphatic carbocycles. The Labute approximate surface area is 91.5 Å². The highest BCUT2D eigenvalue weighted by Crippen LogP contribution is 2.27. The number of hydrogen-bond acceptors (Lipinski definition) is 3. The van der Waals surface area contributed by atoms with Gasteiger partial charge in [-0.3, -0.25) is 4.79 Å². The largest absolute Gasteiger partial charge is 0.296 e. The zero-order valence-corrected chi connectivity index (χ0v) is 8.77. The third-order valence-corrected chi connectivity index (χ3v) is 2.44. The lowest BCUT2D eigenvalue weighted by Gasteiger charge is -2.00. The summed E-state index contributed by atoms with van der Waals surface area (Å²) in [5.74, 6) is 0. The van der Waals surface area contributed by atoms with Gasteiger partial charge in [0.05, 0.1) is 5.02 Å². The topological polar surface area (TPSA) is 47.8 Å². The molecule has 0 fully saturated rings. The van der Waals surface area contributed by atoms with Gasteiger partial charge in [0.2, 0.25) is 0 Å². The van der Waals surface area contributed by atoms with Crippen LogP contribution in [0.4, 0.5) is 0 Å². The minimum absolute atomic E-state index is 0.420. The molecule has 0 atom stereocenters. The van der Waals surface area contributed by atoms with Crippen molar-refractivity contribution in [1.29, 1.82) is 0 Å². The molecule has 1 heterocycles. The van der Waals surface area contributed by atoms with E-state index in [9.17, 15) is 4.79 Å². The summed E-state index contributed by atoms with van der Waals surface area (Å²) in [5.41, 5.74) is 1.65. The molecule has 0 radical (unpaired) electrons. The Morgan fingerprint density at radius 3 is 2.80 bits per heavy atom. The fourth-order valence-corrected chi connectivity index (χ4v) is 1.57. The minimum atomic E-state index is 0.420. The zero-order valence-electron chi connectivity index (χ0n) is 8.01. The first-order valence-electron chi connectivity index (χ1n) is 4.34. The average Bonchev–Trinajstić information content (AvgIpc) is 2.60. The van der Waals surface area contributed by atoms with Crippen molar-refractivity contribution in [2.24, 2.45) is 7.05 Å². The van der Waals surface area contributed by atoms with E-state index in [4.69, 9.17) is 11.6 Å². The number of aryl methyl sites for hydroxylation is 1. The van der Waals surface area contributed by atoms with E-state index < -0.39 is 0 Å². The van der Waals surface area contributed by atoms with Crippen molar-refractivity contribution in [2.75, 3.05) is 0 Å². The molecule has 0 bridgehead atoms. The van der Waals surface area contributed by atoms with Gasteiger partial charge in [-0.05, 0) is 6.07 Å². The summed E-state index contributed by atoms with van der Waals surface area (Å²) in [5, 5.41) is 8.25. The van der Waals surface area contributed by atoms with Crippen molar-refractivity contribution >= 4 is 17.9 Å². The van der Waals surface area contributed by atoms with Gasteiger partial charge in [-0.25, -0.2) is 4.68 Å². The van der Waals surface area contributed by atoms with Crippen LogP contribution in [0.1, 0.15) is 10.5 Å². The molecule has 5 heteroatoms. The Morgan fingerprint density at radius 2 is 2.13 bits per heavy atom. The molecule has 15 heavy (non-hydrogen) atoms. The van der Waals surface area contributed by atoms with Gasteiger partial charge >= 0.3 is 0 Å². The Bertz CT molecular complexity index is 507. The van der Waals surface area contributed by atoms with E-state index in [0.717, 1.165) is 11.8 Å². The Kier molecular flexibility index (Phi) is 2.51. The van der Waals surface area contributed by atoms with Crippen molar-refractivity contribution in [3.05, 3.63) is 35.0 Å². The van der Waals surface area contributed by atoms with Crippen molar-refractivity contribution in [2.45, 2.75) is 0 Å². The molecule has 2 rings (SSSR count). The normalized spacial score (nSPS) is 10.3. The van der Waals surface area contributed by atoms with E-state index in [1.807, 2.05) is 12.1 Å². The van der Waals surface area contributed by atoms with Crippen molar-refractivity contribution < 1.29 is 4.79 Å². The van der Waals surface area contributed by atoms with E-state index in [0.29, 0.717) is 16.4 Å². The quantitative estimate of drug-likeness (QED) is 0.729. The Hall–Kier alpha value is -1.68. The first kappa shape index (κ1) is 9.86. The van der Waals surface area contributed by atoms with Crippen LogP contribution in [0, 0.1) is 0 Å². The summed E-state index contributed by atoms with van der Waals surface area (Å²) >= 11 is 6.00. The molecule has 0 unspecified atom stereocenters. The van der Waals surface area contributed by atoms with Gasteiger partial charge in [0, 0.05) is 12.6 Å². The molecular formula is C10H8ClN3O. The molecule has 4 nitrogen and oxygen atoms in total. The molecule has 1 aromatic carbocycles. The van der Waals surface area contributed by atoms with Gasteiger partial charge in [0.25, 0.3) is 0 Å². The first-order chi connectivity index (χ1) is 7.24. The monoisotopic (exact) mass is 221 g/mol. The number of halogens is 1. The third-order valence-electron chi connectivity index (χ3n) is 2.11. The number of benzene rings is 1. The predicted molar refractivity (Wildman–Crippen MR) is 56.8 cm³/mol. The summed E-state index contributed by atoms with van der Waals surface area (Å²) in [7, 11) is 1.66. The van der Waals surface area contributed by atoms with Crippen LogP contribution in [0.3, 0.4) is 0 Å². The fourth-order valence-electron chi connectivity index (χ4n) is 1.34. The molecule has 1 aromatic heterocycles. The summed E-state index contributed by atoms with van der Waals surface area (Å²) < 4.78 is 1.42. The highest BCUT2D eigenvalue weighted by molar-refractivity contribution is 6.33. The van der Waals surface area contributed by atoms with Crippen LogP contribution < -0.4 is 0 Å². The maximum absolute atomic E-state index is 10.8. The smallest absolute Gasteiger partial charge is 0.170 e. The molecule has 0 saturated heterocycles. The molecule has 0 saturated carbocycles. The van der Waals surface area contributed by atoms with Crippen LogP contribution in [0.15, 0.2) is 24.3 Å². The van der Waals surface area contributed by atoms with Gasteiger partial charge in [-0.1, -0.05) is 35.0 Å². The number of carbonyl (C=O) groups is 1. The lowest BCUT2D eigenvalue weighted by atomic mass is 10.1. The van der Waals surface area contributed by atoms with Crippen molar-refractivity contribution in [1.82, 2.24) is 15.0 Å². The van der Waals surface area contributed by atoms with Crippen LogP contribution in [0.25, 0.3) is 11.3 Å². The summed E-state index contributed by atoms with van der Waals surface area (Å²) in [6.45, 7) is 0. The van der Waals surface area contributed by atoms with Crippen LogP contribution >= 0.6 is 11.6 Å². The minimum Gasteiger partial charge on any atom is -0.296 e. The Morgan fingerprint density at radius 1 is 1.40 bits per heavy atom. The second-order valence-electron chi connectivity index (χ2n) is 3.04. The van der Waals surface area contributed by atoms with Crippen LogP contribution in [-0.4, -0.2) is 21.3 Å². The summed E-state index contributed by atoms with van der Waals surface area (Å²) in [6.07, 6.45) is 0.721. The maximum atomic E-state index is 10.8. The van der Waals surface area contributed by atoms with E-state index >= 15 is 0 Å². The maximum Gasteiger partial charge on any atom is 0.170 e. The van der Waals surface area contributed by atoms with Crippen molar-refractivity contribution in [3.8, 4) is 11.3 Å². The van der Waals surface area contributed by atoms with Gasteiger partial charge in [-0.15, -0.1) is 5.10 Å². The SMILES string of the molecule is Cn1nnc(-c2ccccc2Cl)c1C=O. The van der Waals surface area contributed by atoms with Crippen LogP contribution in [0.2, 0.25) is 5.02 Å². The molecule has 0 amide bonds. The predicted octanol–water partition coefficient (Wildman–Crippen LogP) is 1.95. The van der Waals surface area contributed by atoms with Gasteiger partial charge in [0.15, 0.2) is 6.29 Å². The number of nitrogens with zero attached hydrogens (tertiary/aromatic N) is 3. The second-order valence-corrected chi connectivity index (χ2v) is 3.45. The standard InChI is InChI=1S/C10H8ClN3O/c1-14-9(6-15)10(12-13-14)7-4-2-3-5-8(7)11/h2-6H,1H3. The summed E-state index contributed by atoms with van der Waals surface area (Å²) in [6, 6.07) is 7.22. The van der Waals surface area contributed by atoms with Crippen LogP contribution in [-0.2, 0) is 7.05 Å². The van der Waals surface area contributed by atoms with E-state index in [-0.39, 0.29) is 0 Å². The molecule has 76 valence electrons. The van der Waals surface area contributed by atoms with Gasteiger partial charge < -0.3 is 0 Å². The molecule has 0 spiro atoms. The lowest BCUT2D eigenvalue weighted by Crippen LogP contribution is -1.97. The molecule has 2 aromatic rings. The van der Waals surface area contributed by atoms with Gasteiger partial charge in [-0.2, -0.15) is 0 Å². The zero-order chi connectivity index (χ0) is 10.8. The van der Waals surface area contributed by atoms with E-state index in [1.165, 1.54) is 4.68 Å². The second kappa shape index (κ2) is 3.82. The molecule has 0 N–H and O–H groups in total. The number of rotatable bonds is 2. The highest BCUT2D eigenvalue weighted by atomic mass is 35.5. The number of aromatic nitrogens is 3. The van der Waals surface area contributed by atoms with E-state index in [2.05, 4.69) is 10.3 Å². The number of carbonyl (C=O) groups excluding carboxylic acids is 1. The van der Waals surface area contributed by atoms with E-state index in [1.54, 1.807) is 19.2 Å². The first-order valence-corrected chi connectivity index (χ1v) is 4.71. The Balaban J connectivity index is 2.64. The molecule has 0 aliphatic rings.